The molecular formula is C24H30N4O3. The summed E-state index contributed by atoms with van der Waals surface area (Å²) in [5.41, 5.74) is 4.68. The topological polar surface area (TPSA) is 82.7 Å². The number of allylic oxidation sites excluding steroid dienone is 1. The minimum absolute atomic E-state index is 0.0980. The Labute approximate surface area is 183 Å². The van der Waals surface area contributed by atoms with Crippen molar-refractivity contribution in [2.45, 2.75) is 26.5 Å². The molecule has 31 heavy (non-hydrogen) atoms. The third kappa shape index (κ3) is 7.22. The van der Waals surface area contributed by atoms with Crippen LogP contribution >= 0.6 is 0 Å². The van der Waals surface area contributed by atoms with Gasteiger partial charge in [-0.2, -0.15) is 0 Å². The van der Waals surface area contributed by atoms with E-state index >= 15 is 0 Å². The molecule has 3 N–H and O–H groups in total. The lowest BCUT2D eigenvalue weighted by Crippen LogP contribution is -2.39. The monoisotopic (exact) mass is 422 g/mol. The Balaban J connectivity index is 1.70. The Morgan fingerprint density at radius 2 is 1.71 bits per heavy atom. The van der Waals surface area contributed by atoms with E-state index in [4.69, 9.17) is 4.74 Å². The number of hydrogen-bond donors (Lipinski definition) is 3. The molecule has 1 atom stereocenters. The van der Waals surface area contributed by atoms with Crippen LogP contribution in [0.25, 0.3) is 0 Å². The van der Waals surface area contributed by atoms with Crippen molar-refractivity contribution >= 4 is 17.6 Å². The largest absolute Gasteiger partial charge is 0.461 e. The van der Waals surface area contributed by atoms with Crippen LogP contribution < -0.4 is 16.0 Å². The van der Waals surface area contributed by atoms with Gasteiger partial charge in [0.25, 0.3) is 5.91 Å². The highest BCUT2D eigenvalue weighted by Gasteiger charge is 2.25. The van der Waals surface area contributed by atoms with Crippen LogP contribution in [0.15, 0.2) is 85.5 Å². The first-order valence-electron chi connectivity index (χ1n) is 9.89. The van der Waals surface area contributed by atoms with E-state index in [0.717, 1.165) is 22.6 Å². The van der Waals surface area contributed by atoms with Crippen LogP contribution in [0.5, 0.6) is 0 Å². The number of nitrogens with one attached hydrogen (secondary N) is 3. The van der Waals surface area contributed by atoms with Gasteiger partial charge in [-0.3, -0.25) is 9.59 Å². The second kappa shape index (κ2) is 10.9. The minimum atomic E-state index is -0.304. The summed E-state index contributed by atoms with van der Waals surface area (Å²) in [7, 11) is 0. The maximum atomic E-state index is 11.9. The van der Waals surface area contributed by atoms with Gasteiger partial charge in [0.2, 0.25) is 0 Å². The van der Waals surface area contributed by atoms with Crippen molar-refractivity contribution in [3.05, 3.63) is 91.1 Å². The van der Waals surface area contributed by atoms with Crippen LogP contribution in [0.3, 0.4) is 0 Å². The summed E-state index contributed by atoms with van der Waals surface area (Å²) in [5, 5.41) is 9.61. The highest BCUT2D eigenvalue weighted by Crippen LogP contribution is 2.19. The zero-order valence-electron chi connectivity index (χ0n) is 18.2. The Morgan fingerprint density at radius 1 is 1.06 bits per heavy atom. The van der Waals surface area contributed by atoms with Gasteiger partial charge in [0.1, 0.15) is 6.61 Å². The molecule has 164 valence electrons. The van der Waals surface area contributed by atoms with Crippen molar-refractivity contribution < 1.29 is 14.3 Å². The molecule has 0 saturated carbocycles. The molecule has 1 amide bonds. The highest BCUT2D eigenvalue weighted by molar-refractivity contribution is 5.93. The molecule has 0 spiro atoms. The molecule has 1 unspecified atom stereocenters. The van der Waals surface area contributed by atoms with Crippen molar-refractivity contribution in [3.63, 3.8) is 0 Å². The van der Waals surface area contributed by atoms with E-state index in [0.29, 0.717) is 24.5 Å². The van der Waals surface area contributed by atoms with Gasteiger partial charge in [-0.1, -0.05) is 38.4 Å². The second-order valence-corrected chi connectivity index (χ2v) is 7.25. The number of carbonyl (C=O) groups is 2. The van der Waals surface area contributed by atoms with Gasteiger partial charge in [-0.25, -0.2) is 0 Å². The van der Waals surface area contributed by atoms with E-state index < -0.39 is 0 Å². The summed E-state index contributed by atoms with van der Waals surface area (Å²) in [4.78, 5) is 24.4. The van der Waals surface area contributed by atoms with E-state index in [1.165, 1.54) is 13.0 Å². The maximum Gasteiger partial charge on any atom is 0.302 e. The number of anilines is 1. The molecule has 0 saturated heterocycles. The van der Waals surface area contributed by atoms with E-state index in [1.54, 1.807) is 11.0 Å². The molecule has 7 heteroatoms. The van der Waals surface area contributed by atoms with Crippen LogP contribution in [0.4, 0.5) is 5.69 Å². The molecule has 0 radical (unpaired) electrons. The molecule has 0 bridgehead atoms. The van der Waals surface area contributed by atoms with Crippen LogP contribution in [-0.2, 0) is 20.9 Å². The minimum Gasteiger partial charge on any atom is -0.461 e. The van der Waals surface area contributed by atoms with Gasteiger partial charge >= 0.3 is 5.97 Å². The molecule has 1 heterocycles. The summed E-state index contributed by atoms with van der Waals surface area (Å²) in [6, 6.07) is 7.35. The number of esters is 1. The molecule has 7 nitrogen and oxygen atoms in total. The Morgan fingerprint density at radius 3 is 2.29 bits per heavy atom. The number of hydrogen-bond acceptors (Lipinski definition) is 6. The molecule has 1 aromatic rings. The van der Waals surface area contributed by atoms with Crippen LogP contribution in [0.1, 0.15) is 19.4 Å². The van der Waals surface area contributed by atoms with Gasteiger partial charge in [-0.05, 0) is 30.7 Å². The fourth-order valence-corrected chi connectivity index (χ4v) is 2.84. The third-order valence-corrected chi connectivity index (χ3v) is 4.65. The first-order chi connectivity index (χ1) is 14.7. The summed E-state index contributed by atoms with van der Waals surface area (Å²) in [5.74, 6) is -0.402. The smallest absolute Gasteiger partial charge is 0.302 e. The zero-order valence-corrected chi connectivity index (χ0v) is 18.2. The number of amides is 1. The predicted molar refractivity (Wildman–Crippen MR) is 124 cm³/mol. The Bertz CT molecular complexity index is 897. The van der Waals surface area contributed by atoms with Gasteiger partial charge in [0, 0.05) is 41.5 Å². The van der Waals surface area contributed by atoms with Crippen molar-refractivity contribution in [3.8, 4) is 0 Å². The Hall–Kier alpha value is -3.74. The first kappa shape index (κ1) is 23.5. The molecular weight excluding hydrogens is 392 g/mol. The lowest BCUT2D eigenvalue weighted by atomic mass is 10.2. The molecule has 0 aliphatic carbocycles. The fourth-order valence-electron chi connectivity index (χ4n) is 2.84. The quantitative estimate of drug-likeness (QED) is 0.449. The molecule has 2 rings (SSSR count). The molecule has 0 aromatic heterocycles. The maximum absolute atomic E-state index is 11.9. The lowest BCUT2D eigenvalue weighted by molar-refractivity contribution is -0.142. The normalized spacial score (nSPS) is 13.5. The second-order valence-electron chi connectivity index (χ2n) is 7.25. The number of ether oxygens (including phenoxy) is 1. The summed E-state index contributed by atoms with van der Waals surface area (Å²) in [6.07, 6.45) is 3.19. The van der Waals surface area contributed by atoms with Crippen molar-refractivity contribution in [1.29, 1.82) is 0 Å². The van der Waals surface area contributed by atoms with Crippen LogP contribution in [0.2, 0.25) is 0 Å². The van der Waals surface area contributed by atoms with Crippen LogP contribution in [0, 0.1) is 0 Å². The number of benzene rings is 1. The van der Waals surface area contributed by atoms with Crippen LogP contribution in [-0.4, -0.2) is 35.9 Å². The lowest BCUT2D eigenvalue weighted by Gasteiger charge is -2.28. The summed E-state index contributed by atoms with van der Waals surface area (Å²) in [6.45, 7) is 20.4. The van der Waals surface area contributed by atoms with E-state index in [1.807, 2.05) is 31.2 Å². The van der Waals surface area contributed by atoms with Crippen molar-refractivity contribution in [2.75, 3.05) is 18.4 Å². The summed E-state index contributed by atoms with van der Waals surface area (Å²) < 4.78 is 4.97. The SMILES string of the molecule is C=C(CNC(=C)C(C)N1C(=C)C=CC1=O)NCC(=C)Nc1ccc(COC(C)=O)cc1. The zero-order chi connectivity index (χ0) is 23.0. The van der Waals surface area contributed by atoms with Gasteiger partial charge < -0.3 is 25.6 Å². The van der Waals surface area contributed by atoms with Crippen molar-refractivity contribution in [1.82, 2.24) is 15.5 Å². The first-order valence-corrected chi connectivity index (χ1v) is 9.89. The molecule has 0 fully saturated rings. The van der Waals surface area contributed by atoms with E-state index in [-0.39, 0.29) is 24.5 Å². The standard InChI is InChI=1S/C24H30N4O3/c1-16(13-26-19(4)20(5)28-18(3)7-12-24(28)30)25-14-17(2)27-23-10-8-22(9-11-23)15-31-21(6)29/h7-12,20,25-27H,1-4,13-15H2,5-6H3. The molecule has 1 aliphatic heterocycles. The Kier molecular flexibility index (Phi) is 8.25. The predicted octanol–water partition coefficient (Wildman–Crippen LogP) is 3.18. The fraction of sp³-hybridized carbons (Fsp3) is 0.250. The van der Waals surface area contributed by atoms with E-state index in [2.05, 4.69) is 42.3 Å². The van der Waals surface area contributed by atoms with Crippen molar-refractivity contribution in [2.24, 2.45) is 0 Å². The number of nitrogens with zero attached hydrogens (tertiary/aromatic N) is 1. The van der Waals surface area contributed by atoms with Gasteiger partial charge in [0.05, 0.1) is 19.1 Å². The third-order valence-electron chi connectivity index (χ3n) is 4.65. The number of rotatable bonds is 12. The summed E-state index contributed by atoms with van der Waals surface area (Å²) >= 11 is 0. The average Bonchev–Trinajstić information content (AvgIpc) is 3.07. The molecule has 1 aliphatic rings. The highest BCUT2D eigenvalue weighted by atomic mass is 16.5. The molecule has 1 aromatic carbocycles. The number of carbonyl (C=O) groups excluding carboxylic acids is 2. The van der Waals surface area contributed by atoms with Gasteiger partial charge in [0.15, 0.2) is 0 Å². The van der Waals surface area contributed by atoms with Gasteiger partial charge in [-0.15, -0.1) is 0 Å². The van der Waals surface area contributed by atoms with E-state index in [9.17, 15) is 9.59 Å². The average molecular weight is 423 g/mol.